The second-order valence-corrected chi connectivity index (χ2v) is 8.49. The van der Waals surface area contributed by atoms with Gasteiger partial charge in [-0.3, -0.25) is 0 Å². The highest BCUT2D eigenvalue weighted by Gasteiger charge is 2.60. The third kappa shape index (κ3) is 2.59. The molecule has 2 nitrogen and oxygen atoms in total. The van der Waals surface area contributed by atoms with Crippen molar-refractivity contribution in [3.05, 3.63) is 23.8 Å². The van der Waals surface area contributed by atoms with Gasteiger partial charge in [-0.2, -0.15) is 0 Å². The van der Waals surface area contributed by atoms with Crippen LogP contribution in [0.25, 0.3) is 0 Å². The molecular formula is C20H32O2. The van der Waals surface area contributed by atoms with E-state index in [1.807, 2.05) is 6.08 Å². The van der Waals surface area contributed by atoms with Crippen LogP contribution in [0.1, 0.15) is 60.3 Å². The summed E-state index contributed by atoms with van der Waals surface area (Å²) in [6.45, 7) is 11.3. The lowest BCUT2D eigenvalue weighted by Crippen LogP contribution is -2.35. The molecule has 4 unspecified atom stereocenters. The first-order valence-electron chi connectivity index (χ1n) is 8.99. The van der Waals surface area contributed by atoms with Crippen molar-refractivity contribution < 1.29 is 9.84 Å². The van der Waals surface area contributed by atoms with Gasteiger partial charge in [0.15, 0.2) is 0 Å². The molecular weight excluding hydrogens is 272 g/mol. The van der Waals surface area contributed by atoms with E-state index in [9.17, 15) is 5.11 Å². The van der Waals surface area contributed by atoms with E-state index in [0.29, 0.717) is 23.7 Å². The highest BCUT2D eigenvalue weighted by molar-refractivity contribution is 5.17. The van der Waals surface area contributed by atoms with Crippen LogP contribution in [0.4, 0.5) is 0 Å². The lowest BCUT2D eigenvalue weighted by atomic mass is 9.68. The van der Waals surface area contributed by atoms with Crippen LogP contribution >= 0.6 is 0 Å². The molecule has 0 radical (unpaired) electrons. The largest absolute Gasteiger partial charge is 0.389 e. The maximum atomic E-state index is 10.3. The van der Waals surface area contributed by atoms with E-state index in [1.165, 1.54) is 18.4 Å². The lowest BCUT2D eigenvalue weighted by Gasteiger charge is -2.33. The zero-order valence-electron chi connectivity index (χ0n) is 14.8. The molecule has 0 amide bonds. The van der Waals surface area contributed by atoms with E-state index in [0.717, 1.165) is 12.8 Å². The number of ether oxygens (including phenoxy) is 1. The Kier molecular flexibility index (Phi) is 4.06. The molecule has 22 heavy (non-hydrogen) atoms. The predicted molar refractivity (Wildman–Crippen MR) is 90.6 cm³/mol. The van der Waals surface area contributed by atoms with Crippen LogP contribution in [0.3, 0.4) is 0 Å². The summed E-state index contributed by atoms with van der Waals surface area (Å²) in [5.41, 5.74) is 1.42. The Morgan fingerprint density at radius 2 is 2.00 bits per heavy atom. The average molecular weight is 304 g/mol. The Labute approximate surface area is 135 Å². The smallest absolute Gasteiger partial charge is 0.0757 e. The fourth-order valence-corrected chi connectivity index (χ4v) is 5.04. The zero-order chi connectivity index (χ0) is 16.1. The molecule has 1 N–H and O–H groups in total. The fraction of sp³-hybridized carbons (Fsp3) is 0.800. The van der Waals surface area contributed by atoms with Crippen molar-refractivity contribution in [1.29, 1.82) is 0 Å². The van der Waals surface area contributed by atoms with E-state index in [2.05, 4.69) is 46.8 Å². The van der Waals surface area contributed by atoms with Gasteiger partial charge in [-0.1, -0.05) is 37.6 Å². The van der Waals surface area contributed by atoms with Gasteiger partial charge in [0.1, 0.15) is 0 Å². The minimum Gasteiger partial charge on any atom is -0.389 e. The van der Waals surface area contributed by atoms with Crippen molar-refractivity contribution in [3.8, 4) is 0 Å². The average Bonchev–Trinajstić information content (AvgIpc) is 2.84. The van der Waals surface area contributed by atoms with E-state index < -0.39 is 0 Å². The number of allylic oxidation sites excluding steroid dienone is 2. The summed E-state index contributed by atoms with van der Waals surface area (Å²) >= 11 is 0. The molecule has 3 rings (SSSR count). The van der Waals surface area contributed by atoms with Crippen molar-refractivity contribution in [1.82, 2.24) is 0 Å². The second kappa shape index (κ2) is 5.49. The SMILES string of the molecule is CC1=C[C@@H](O)[C@@H]([C@@H](C)/C=C\C2C(C)C3(C)CCC2(C)O3)CC1. The van der Waals surface area contributed by atoms with Gasteiger partial charge >= 0.3 is 0 Å². The lowest BCUT2D eigenvalue weighted by molar-refractivity contribution is -0.0395. The van der Waals surface area contributed by atoms with Gasteiger partial charge in [-0.15, -0.1) is 0 Å². The van der Waals surface area contributed by atoms with Crippen LogP contribution in [0, 0.1) is 23.7 Å². The number of hydrogen-bond acceptors (Lipinski definition) is 2. The highest BCUT2D eigenvalue weighted by atomic mass is 16.5. The van der Waals surface area contributed by atoms with Crippen LogP contribution in [0.15, 0.2) is 23.8 Å². The van der Waals surface area contributed by atoms with Crippen molar-refractivity contribution in [3.63, 3.8) is 0 Å². The molecule has 124 valence electrons. The highest BCUT2D eigenvalue weighted by Crippen LogP contribution is 2.57. The zero-order valence-corrected chi connectivity index (χ0v) is 14.8. The van der Waals surface area contributed by atoms with Gasteiger partial charge in [-0.25, -0.2) is 0 Å². The molecule has 2 heteroatoms. The molecule has 2 fully saturated rings. The van der Waals surface area contributed by atoms with Crippen LogP contribution in [-0.4, -0.2) is 22.4 Å². The topological polar surface area (TPSA) is 29.5 Å². The number of aliphatic hydroxyl groups is 1. The summed E-state index contributed by atoms with van der Waals surface area (Å²) in [5, 5.41) is 10.3. The van der Waals surface area contributed by atoms with Crippen LogP contribution < -0.4 is 0 Å². The Morgan fingerprint density at radius 1 is 1.32 bits per heavy atom. The van der Waals surface area contributed by atoms with Crippen molar-refractivity contribution in [2.24, 2.45) is 23.7 Å². The first-order chi connectivity index (χ1) is 10.3. The van der Waals surface area contributed by atoms with Gasteiger partial charge in [-0.05, 0) is 64.2 Å². The standard InChI is InChI=1S/C20H32O2/c1-13-6-8-16(18(21)12-13)14(2)7-9-17-15(3)19(4)10-11-20(17,5)22-19/h7,9,12,14-18,21H,6,8,10-11H2,1-5H3/b9-7-/t14-,15?,16+,17?,18+,19?,20?/m0/s1. The summed E-state index contributed by atoms with van der Waals surface area (Å²) in [6.07, 6.45) is 11.1. The van der Waals surface area contributed by atoms with E-state index >= 15 is 0 Å². The minimum absolute atomic E-state index is 0.0199. The van der Waals surface area contributed by atoms with E-state index in [1.54, 1.807) is 0 Å². The van der Waals surface area contributed by atoms with Crippen molar-refractivity contribution in [2.45, 2.75) is 77.6 Å². The van der Waals surface area contributed by atoms with Crippen molar-refractivity contribution >= 4 is 0 Å². The molecule has 0 aromatic carbocycles. The first kappa shape index (κ1) is 16.3. The molecule has 2 aliphatic heterocycles. The predicted octanol–water partition coefficient (Wildman–Crippen LogP) is 4.49. The van der Waals surface area contributed by atoms with E-state index in [4.69, 9.17) is 4.74 Å². The molecule has 3 aliphatic rings. The summed E-state index contributed by atoms with van der Waals surface area (Å²) < 4.78 is 6.37. The third-order valence-electron chi connectivity index (χ3n) is 6.85. The summed E-state index contributed by atoms with van der Waals surface area (Å²) in [7, 11) is 0. The van der Waals surface area contributed by atoms with Gasteiger partial charge < -0.3 is 9.84 Å². The Hall–Kier alpha value is -0.600. The normalized spacial score (nSPS) is 49.6. The number of fused-ring (bicyclic) bond motifs is 2. The number of rotatable bonds is 3. The molecule has 1 aliphatic carbocycles. The van der Waals surface area contributed by atoms with Crippen LogP contribution in [0.2, 0.25) is 0 Å². The monoisotopic (exact) mass is 304 g/mol. The van der Waals surface area contributed by atoms with Gasteiger partial charge in [0, 0.05) is 5.92 Å². The van der Waals surface area contributed by atoms with Gasteiger partial charge in [0.05, 0.1) is 17.3 Å². The molecule has 2 bridgehead atoms. The molecule has 2 heterocycles. The summed E-state index contributed by atoms with van der Waals surface area (Å²) in [5.74, 6) is 1.86. The quantitative estimate of drug-likeness (QED) is 0.778. The molecule has 2 saturated heterocycles. The summed E-state index contributed by atoms with van der Waals surface area (Å²) in [4.78, 5) is 0. The third-order valence-corrected chi connectivity index (χ3v) is 6.85. The fourth-order valence-electron chi connectivity index (χ4n) is 5.04. The number of aliphatic hydroxyl groups excluding tert-OH is 1. The van der Waals surface area contributed by atoms with Gasteiger partial charge in [0.25, 0.3) is 0 Å². The molecule has 0 saturated carbocycles. The first-order valence-corrected chi connectivity index (χ1v) is 8.99. The van der Waals surface area contributed by atoms with Crippen molar-refractivity contribution in [2.75, 3.05) is 0 Å². The Morgan fingerprint density at radius 3 is 2.59 bits per heavy atom. The summed E-state index contributed by atoms with van der Waals surface area (Å²) in [6, 6.07) is 0. The molecule has 0 aromatic rings. The van der Waals surface area contributed by atoms with Gasteiger partial charge in [0.2, 0.25) is 0 Å². The second-order valence-electron chi connectivity index (χ2n) is 8.49. The molecule has 7 atom stereocenters. The van der Waals surface area contributed by atoms with E-state index in [-0.39, 0.29) is 17.3 Å². The number of hydrogen-bond donors (Lipinski definition) is 1. The maximum Gasteiger partial charge on any atom is 0.0757 e. The molecule has 0 spiro atoms. The molecule has 0 aromatic heterocycles. The Balaban J connectivity index is 1.70. The van der Waals surface area contributed by atoms with Crippen LogP contribution in [0.5, 0.6) is 0 Å². The minimum atomic E-state index is -0.282. The maximum absolute atomic E-state index is 10.3. The Bertz CT molecular complexity index is 494. The van der Waals surface area contributed by atoms with Crippen LogP contribution in [-0.2, 0) is 4.74 Å².